The van der Waals surface area contributed by atoms with Gasteiger partial charge in [-0.05, 0) is 55.5 Å². The molecule has 6 heteroatoms. The standard InChI is InChI=1S/C21H23N3O3/c25-19(23-27)15-7-9-17(10-8-15)22-18-11-14-24(20(18)26)21(12-4-13-21)16-5-2-1-3-6-16/h1-3,5-10,18,22,27H,4,11-14H2,(H,23,25). The predicted molar refractivity (Wildman–Crippen MR) is 101 cm³/mol. The van der Waals surface area contributed by atoms with Crippen molar-refractivity contribution in [2.45, 2.75) is 37.3 Å². The zero-order valence-electron chi connectivity index (χ0n) is 15.0. The van der Waals surface area contributed by atoms with Crippen molar-refractivity contribution in [1.29, 1.82) is 0 Å². The Labute approximate surface area is 158 Å². The van der Waals surface area contributed by atoms with Gasteiger partial charge in [0.2, 0.25) is 5.91 Å². The van der Waals surface area contributed by atoms with Gasteiger partial charge in [-0.1, -0.05) is 30.3 Å². The van der Waals surface area contributed by atoms with Crippen molar-refractivity contribution >= 4 is 17.5 Å². The van der Waals surface area contributed by atoms with Gasteiger partial charge in [0.15, 0.2) is 0 Å². The number of rotatable bonds is 5. The van der Waals surface area contributed by atoms with E-state index in [0.717, 1.165) is 37.9 Å². The van der Waals surface area contributed by atoms with Crippen LogP contribution < -0.4 is 10.8 Å². The third-order valence-corrected chi connectivity index (χ3v) is 5.80. The van der Waals surface area contributed by atoms with Crippen LogP contribution in [0.1, 0.15) is 41.6 Å². The number of anilines is 1. The smallest absolute Gasteiger partial charge is 0.274 e. The monoisotopic (exact) mass is 365 g/mol. The van der Waals surface area contributed by atoms with Gasteiger partial charge in [0, 0.05) is 17.8 Å². The summed E-state index contributed by atoms with van der Waals surface area (Å²) in [6.07, 6.45) is 3.93. The fraction of sp³-hybridized carbons (Fsp3) is 0.333. The van der Waals surface area contributed by atoms with Crippen LogP contribution in [-0.4, -0.2) is 34.5 Å². The zero-order valence-corrected chi connectivity index (χ0v) is 15.0. The molecule has 1 atom stereocenters. The van der Waals surface area contributed by atoms with Crippen LogP contribution in [0, 0.1) is 0 Å². The van der Waals surface area contributed by atoms with Crippen molar-refractivity contribution in [2.75, 3.05) is 11.9 Å². The lowest BCUT2D eigenvalue weighted by Gasteiger charge is -2.49. The molecule has 1 unspecified atom stereocenters. The molecule has 1 saturated carbocycles. The highest BCUT2D eigenvalue weighted by molar-refractivity contribution is 5.94. The molecule has 2 amide bonds. The molecule has 0 radical (unpaired) electrons. The summed E-state index contributed by atoms with van der Waals surface area (Å²) in [6.45, 7) is 0.746. The van der Waals surface area contributed by atoms with E-state index in [-0.39, 0.29) is 17.5 Å². The van der Waals surface area contributed by atoms with E-state index in [9.17, 15) is 9.59 Å². The Bertz CT molecular complexity index is 832. The van der Waals surface area contributed by atoms with Crippen LogP contribution in [0.25, 0.3) is 0 Å². The summed E-state index contributed by atoms with van der Waals surface area (Å²) in [5.41, 5.74) is 3.83. The number of hydrogen-bond donors (Lipinski definition) is 3. The zero-order chi connectivity index (χ0) is 18.9. The fourth-order valence-corrected chi connectivity index (χ4v) is 4.20. The first kappa shape index (κ1) is 17.5. The maximum Gasteiger partial charge on any atom is 0.274 e. The van der Waals surface area contributed by atoms with E-state index in [4.69, 9.17) is 5.21 Å². The molecule has 1 aliphatic carbocycles. The maximum absolute atomic E-state index is 13.1. The maximum atomic E-state index is 13.1. The Hall–Kier alpha value is -2.86. The molecule has 0 spiro atoms. The normalized spacial score (nSPS) is 20.9. The molecule has 0 bridgehead atoms. The van der Waals surface area contributed by atoms with Crippen LogP contribution >= 0.6 is 0 Å². The number of likely N-dealkylation sites (tertiary alicyclic amines) is 1. The van der Waals surface area contributed by atoms with Gasteiger partial charge in [-0.25, -0.2) is 5.48 Å². The van der Waals surface area contributed by atoms with Crippen LogP contribution in [0.3, 0.4) is 0 Å². The van der Waals surface area contributed by atoms with Crippen molar-refractivity contribution in [2.24, 2.45) is 0 Å². The van der Waals surface area contributed by atoms with Crippen molar-refractivity contribution in [1.82, 2.24) is 10.4 Å². The van der Waals surface area contributed by atoms with E-state index in [1.54, 1.807) is 29.7 Å². The molecule has 140 valence electrons. The van der Waals surface area contributed by atoms with Gasteiger partial charge in [-0.2, -0.15) is 0 Å². The molecule has 0 aromatic heterocycles. The number of hydroxylamine groups is 1. The second-order valence-corrected chi connectivity index (χ2v) is 7.24. The number of nitrogens with zero attached hydrogens (tertiary/aromatic N) is 1. The third-order valence-electron chi connectivity index (χ3n) is 5.80. The van der Waals surface area contributed by atoms with E-state index in [0.29, 0.717) is 5.56 Å². The Balaban J connectivity index is 1.48. The lowest BCUT2D eigenvalue weighted by molar-refractivity contribution is -0.138. The molecule has 27 heavy (non-hydrogen) atoms. The summed E-state index contributed by atoms with van der Waals surface area (Å²) in [4.78, 5) is 26.6. The third kappa shape index (κ3) is 3.06. The van der Waals surface area contributed by atoms with E-state index in [1.165, 1.54) is 5.56 Å². The molecule has 1 aliphatic heterocycles. The highest BCUT2D eigenvalue weighted by Gasteiger charge is 2.49. The van der Waals surface area contributed by atoms with Gasteiger partial charge in [0.1, 0.15) is 6.04 Å². The number of carbonyl (C=O) groups is 2. The first-order valence-corrected chi connectivity index (χ1v) is 9.32. The molecule has 2 aliphatic rings. The van der Waals surface area contributed by atoms with Crippen molar-refractivity contribution in [3.05, 3.63) is 65.7 Å². The van der Waals surface area contributed by atoms with Gasteiger partial charge in [0.25, 0.3) is 5.91 Å². The van der Waals surface area contributed by atoms with Crippen LogP contribution in [0.4, 0.5) is 5.69 Å². The minimum Gasteiger partial charge on any atom is -0.374 e. The summed E-state index contributed by atoms with van der Waals surface area (Å²) in [7, 11) is 0. The molecule has 3 N–H and O–H groups in total. The number of amides is 2. The Kier molecular flexibility index (Phi) is 4.58. The average molecular weight is 365 g/mol. The number of nitrogens with one attached hydrogen (secondary N) is 2. The summed E-state index contributed by atoms with van der Waals surface area (Å²) < 4.78 is 0. The topological polar surface area (TPSA) is 81.7 Å². The Morgan fingerprint density at radius 3 is 2.37 bits per heavy atom. The molecule has 2 aromatic carbocycles. The molecule has 2 aromatic rings. The van der Waals surface area contributed by atoms with Crippen molar-refractivity contribution in [3.8, 4) is 0 Å². The Morgan fingerprint density at radius 2 is 1.78 bits per heavy atom. The molecule has 1 heterocycles. The predicted octanol–water partition coefficient (Wildman–Crippen LogP) is 2.90. The molecule has 2 fully saturated rings. The van der Waals surface area contributed by atoms with Crippen LogP contribution in [0.15, 0.2) is 54.6 Å². The summed E-state index contributed by atoms with van der Waals surface area (Å²) >= 11 is 0. The molecule has 6 nitrogen and oxygen atoms in total. The first-order valence-electron chi connectivity index (χ1n) is 9.32. The molecular weight excluding hydrogens is 342 g/mol. The van der Waals surface area contributed by atoms with E-state index >= 15 is 0 Å². The summed E-state index contributed by atoms with van der Waals surface area (Å²) in [5, 5.41) is 12.0. The second-order valence-electron chi connectivity index (χ2n) is 7.24. The lowest BCUT2D eigenvalue weighted by atomic mass is 9.70. The number of hydrogen-bond acceptors (Lipinski definition) is 4. The van der Waals surface area contributed by atoms with Crippen LogP contribution in [0.5, 0.6) is 0 Å². The van der Waals surface area contributed by atoms with Gasteiger partial charge in [0.05, 0.1) is 5.54 Å². The fourth-order valence-electron chi connectivity index (χ4n) is 4.20. The summed E-state index contributed by atoms with van der Waals surface area (Å²) in [6, 6.07) is 16.8. The van der Waals surface area contributed by atoms with Crippen molar-refractivity contribution in [3.63, 3.8) is 0 Å². The van der Waals surface area contributed by atoms with Gasteiger partial charge in [-0.3, -0.25) is 14.8 Å². The lowest BCUT2D eigenvalue weighted by Crippen LogP contribution is -2.53. The SMILES string of the molecule is O=C(NO)c1ccc(NC2CCN(C3(c4ccccc4)CCC3)C2=O)cc1. The van der Waals surface area contributed by atoms with Crippen LogP contribution in [0.2, 0.25) is 0 Å². The highest BCUT2D eigenvalue weighted by Crippen LogP contribution is 2.48. The minimum absolute atomic E-state index is 0.135. The van der Waals surface area contributed by atoms with E-state index < -0.39 is 5.91 Å². The average Bonchev–Trinajstić information content (AvgIpc) is 3.03. The van der Waals surface area contributed by atoms with Crippen LogP contribution in [-0.2, 0) is 10.3 Å². The molecular formula is C21H23N3O3. The van der Waals surface area contributed by atoms with E-state index in [2.05, 4.69) is 22.3 Å². The van der Waals surface area contributed by atoms with Gasteiger partial charge >= 0.3 is 0 Å². The second kappa shape index (κ2) is 7.04. The Morgan fingerprint density at radius 1 is 1.07 bits per heavy atom. The van der Waals surface area contributed by atoms with Gasteiger partial charge in [-0.15, -0.1) is 0 Å². The quantitative estimate of drug-likeness (QED) is 0.562. The molecule has 4 rings (SSSR count). The van der Waals surface area contributed by atoms with Gasteiger partial charge < -0.3 is 10.2 Å². The summed E-state index contributed by atoms with van der Waals surface area (Å²) in [5.74, 6) is -0.421. The highest BCUT2D eigenvalue weighted by atomic mass is 16.5. The number of benzene rings is 2. The number of carbonyl (C=O) groups excluding carboxylic acids is 2. The van der Waals surface area contributed by atoms with E-state index in [1.807, 2.05) is 18.2 Å². The van der Waals surface area contributed by atoms with Crippen molar-refractivity contribution < 1.29 is 14.8 Å². The minimum atomic E-state index is -0.556. The largest absolute Gasteiger partial charge is 0.374 e. The molecule has 1 saturated heterocycles. The first-order chi connectivity index (χ1) is 13.1.